The molecule has 0 aliphatic carbocycles. The van der Waals surface area contributed by atoms with E-state index in [1.54, 1.807) is 18.2 Å². The quantitative estimate of drug-likeness (QED) is 0.795. The van der Waals surface area contributed by atoms with Crippen LogP contribution in [0.15, 0.2) is 54.7 Å². The van der Waals surface area contributed by atoms with Crippen molar-refractivity contribution < 1.29 is 14.3 Å². The fourth-order valence-electron chi connectivity index (χ4n) is 2.68. The zero-order valence-electron chi connectivity index (χ0n) is 13.7. The Hall–Kier alpha value is -3.28. The van der Waals surface area contributed by atoms with Crippen molar-refractivity contribution in [2.45, 2.75) is 13.5 Å². The molecule has 126 valence electrons. The summed E-state index contributed by atoms with van der Waals surface area (Å²) in [6.45, 7) is 2.85. The summed E-state index contributed by atoms with van der Waals surface area (Å²) in [4.78, 5) is 12.4. The van der Waals surface area contributed by atoms with Crippen molar-refractivity contribution in [3.05, 3.63) is 71.5 Å². The van der Waals surface area contributed by atoms with E-state index in [2.05, 4.69) is 10.4 Å². The average Bonchev–Trinajstić information content (AvgIpc) is 3.24. The van der Waals surface area contributed by atoms with Crippen LogP contribution in [-0.2, 0) is 6.54 Å². The van der Waals surface area contributed by atoms with Gasteiger partial charge in [0.2, 0.25) is 6.79 Å². The van der Waals surface area contributed by atoms with Gasteiger partial charge in [-0.1, -0.05) is 12.1 Å². The second-order valence-electron chi connectivity index (χ2n) is 5.87. The number of fused-ring (bicyclic) bond motifs is 1. The molecule has 0 bridgehead atoms. The van der Waals surface area contributed by atoms with Crippen molar-refractivity contribution in [1.29, 1.82) is 0 Å². The first kappa shape index (κ1) is 15.3. The standard InChI is InChI=1S/C19H17N3O3/c1-13-8-9-22(21-13)11-14-2-4-15(5-3-14)19(23)20-16-6-7-17-18(10-16)25-12-24-17/h2-10H,11-12H2,1H3,(H,20,23). The van der Waals surface area contributed by atoms with E-state index in [4.69, 9.17) is 9.47 Å². The first-order chi connectivity index (χ1) is 12.2. The lowest BCUT2D eigenvalue weighted by molar-refractivity contribution is 0.102. The highest BCUT2D eigenvalue weighted by molar-refractivity contribution is 6.04. The zero-order chi connectivity index (χ0) is 17.2. The summed E-state index contributed by atoms with van der Waals surface area (Å²) in [5.74, 6) is 1.17. The van der Waals surface area contributed by atoms with Crippen molar-refractivity contribution in [3.8, 4) is 11.5 Å². The summed E-state index contributed by atoms with van der Waals surface area (Å²) in [6, 6.07) is 14.8. The van der Waals surface area contributed by atoms with Crippen LogP contribution in [-0.4, -0.2) is 22.5 Å². The third-order valence-corrected chi connectivity index (χ3v) is 3.97. The predicted octanol–water partition coefficient (Wildman–Crippen LogP) is 3.22. The van der Waals surface area contributed by atoms with Crippen LogP contribution in [0.1, 0.15) is 21.6 Å². The maximum absolute atomic E-state index is 12.4. The summed E-state index contributed by atoms with van der Waals surface area (Å²) in [5.41, 5.74) is 3.34. The van der Waals surface area contributed by atoms with Crippen molar-refractivity contribution >= 4 is 11.6 Å². The number of hydrogen-bond acceptors (Lipinski definition) is 4. The van der Waals surface area contributed by atoms with Crippen LogP contribution in [0.3, 0.4) is 0 Å². The fourth-order valence-corrected chi connectivity index (χ4v) is 2.68. The normalized spacial score (nSPS) is 12.2. The molecule has 6 nitrogen and oxygen atoms in total. The summed E-state index contributed by atoms with van der Waals surface area (Å²) in [5, 5.41) is 7.23. The van der Waals surface area contributed by atoms with E-state index >= 15 is 0 Å². The number of carbonyl (C=O) groups is 1. The molecule has 0 saturated heterocycles. The van der Waals surface area contributed by atoms with Crippen molar-refractivity contribution in [1.82, 2.24) is 9.78 Å². The first-order valence-electron chi connectivity index (χ1n) is 7.97. The highest BCUT2D eigenvalue weighted by Gasteiger charge is 2.14. The van der Waals surface area contributed by atoms with Gasteiger partial charge in [0.25, 0.3) is 5.91 Å². The second kappa shape index (κ2) is 6.32. The smallest absolute Gasteiger partial charge is 0.255 e. The Morgan fingerprint density at radius 3 is 2.68 bits per heavy atom. The summed E-state index contributed by atoms with van der Waals surface area (Å²) < 4.78 is 12.5. The van der Waals surface area contributed by atoms with Crippen molar-refractivity contribution in [2.75, 3.05) is 12.1 Å². The Bertz CT molecular complexity index is 916. The molecule has 0 atom stereocenters. The number of nitrogens with one attached hydrogen (secondary N) is 1. The largest absolute Gasteiger partial charge is 0.454 e. The van der Waals surface area contributed by atoms with Gasteiger partial charge in [-0.15, -0.1) is 0 Å². The van der Waals surface area contributed by atoms with Gasteiger partial charge >= 0.3 is 0 Å². The molecular formula is C19H17N3O3. The van der Waals surface area contributed by atoms with Gasteiger partial charge in [0.15, 0.2) is 11.5 Å². The molecule has 4 rings (SSSR count). The van der Waals surface area contributed by atoms with Crippen LogP contribution >= 0.6 is 0 Å². The topological polar surface area (TPSA) is 65.4 Å². The highest BCUT2D eigenvalue weighted by Crippen LogP contribution is 2.34. The van der Waals surface area contributed by atoms with Crippen LogP contribution in [0.2, 0.25) is 0 Å². The number of ether oxygens (including phenoxy) is 2. The van der Waals surface area contributed by atoms with Crippen molar-refractivity contribution in [3.63, 3.8) is 0 Å². The molecule has 1 amide bonds. The molecular weight excluding hydrogens is 318 g/mol. The third kappa shape index (κ3) is 3.33. The second-order valence-corrected chi connectivity index (χ2v) is 5.87. The van der Waals surface area contributed by atoms with Gasteiger partial charge in [-0.3, -0.25) is 9.48 Å². The maximum Gasteiger partial charge on any atom is 0.255 e. The van der Waals surface area contributed by atoms with Crippen LogP contribution in [0, 0.1) is 6.92 Å². The summed E-state index contributed by atoms with van der Waals surface area (Å²) >= 11 is 0. The number of hydrogen-bond donors (Lipinski definition) is 1. The number of aryl methyl sites for hydroxylation is 1. The minimum Gasteiger partial charge on any atom is -0.454 e. The molecule has 0 fully saturated rings. The number of aromatic nitrogens is 2. The summed E-state index contributed by atoms with van der Waals surface area (Å²) in [6.07, 6.45) is 1.94. The van der Waals surface area contributed by atoms with Crippen LogP contribution in [0.25, 0.3) is 0 Å². The van der Waals surface area contributed by atoms with E-state index in [1.807, 2.05) is 48.1 Å². The molecule has 2 heterocycles. The average molecular weight is 335 g/mol. The van der Waals surface area contributed by atoms with Crippen LogP contribution < -0.4 is 14.8 Å². The van der Waals surface area contributed by atoms with Crippen LogP contribution in [0.5, 0.6) is 11.5 Å². The lowest BCUT2D eigenvalue weighted by Crippen LogP contribution is -2.12. The van der Waals surface area contributed by atoms with E-state index in [9.17, 15) is 4.79 Å². The number of anilines is 1. The van der Waals surface area contributed by atoms with Gasteiger partial charge in [0, 0.05) is 23.5 Å². The fraction of sp³-hybridized carbons (Fsp3) is 0.158. The minimum absolute atomic E-state index is 0.166. The summed E-state index contributed by atoms with van der Waals surface area (Å²) in [7, 11) is 0. The Labute approximate surface area is 145 Å². The number of carbonyl (C=O) groups excluding carboxylic acids is 1. The van der Waals surface area contributed by atoms with Gasteiger partial charge in [0.1, 0.15) is 0 Å². The predicted molar refractivity (Wildman–Crippen MR) is 93.0 cm³/mol. The monoisotopic (exact) mass is 335 g/mol. The number of benzene rings is 2. The Morgan fingerprint density at radius 1 is 1.12 bits per heavy atom. The lowest BCUT2D eigenvalue weighted by Gasteiger charge is -2.07. The molecule has 0 unspecified atom stereocenters. The Morgan fingerprint density at radius 2 is 1.92 bits per heavy atom. The molecule has 1 aliphatic rings. The number of rotatable bonds is 4. The minimum atomic E-state index is -0.166. The van der Waals surface area contributed by atoms with E-state index in [0.29, 0.717) is 29.3 Å². The van der Waals surface area contributed by atoms with Gasteiger partial charge in [0.05, 0.1) is 12.2 Å². The van der Waals surface area contributed by atoms with Crippen LogP contribution in [0.4, 0.5) is 5.69 Å². The lowest BCUT2D eigenvalue weighted by atomic mass is 10.1. The molecule has 25 heavy (non-hydrogen) atoms. The van der Waals surface area contributed by atoms with Gasteiger partial charge < -0.3 is 14.8 Å². The Kier molecular flexibility index (Phi) is 3.85. The molecule has 0 spiro atoms. The van der Waals surface area contributed by atoms with Gasteiger partial charge in [-0.25, -0.2) is 0 Å². The maximum atomic E-state index is 12.4. The van der Waals surface area contributed by atoms with E-state index in [-0.39, 0.29) is 12.7 Å². The number of amides is 1. The molecule has 1 aromatic heterocycles. The zero-order valence-corrected chi connectivity index (χ0v) is 13.7. The molecule has 3 aromatic rings. The molecule has 6 heteroatoms. The van der Waals surface area contributed by atoms with E-state index in [0.717, 1.165) is 11.3 Å². The molecule has 1 aliphatic heterocycles. The van der Waals surface area contributed by atoms with E-state index in [1.165, 1.54) is 0 Å². The Balaban J connectivity index is 1.43. The van der Waals surface area contributed by atoms with Crippen molar-refractivity contribution in [2.24, 2.45) is 0 Å². The SMILES string of the molecule is Cc1ccn(Cc2ccc(C(=O)Nc3ccc4c(c3)OCO4)cc2)n1. The number of nitrogens with zero attached hydrogens (tertiary/aromatic N) is 2. The molecule has 0 saturated carbocycles. The van der Waals surface area contributed by atoms with E-state index < -0.39 is 0 Å². The molecule has 0 radical (unpaired) electrons. The molecule has 2 aromatic carbocycles. The molecule has 1 N–H and O–H groups in total. The van der Waals surface area contributed by atoms with Gasteiger partial charge in [-0.2, -0.15) is 5.10 Å². The third-order valence-electron chi connectivity index (χ3n) is 3.97. The van der Waals surface area contributed by atoms with Gasteiger partial charge in [-0.05, 0) is 42.8 Å². The first-order valence-corrected chi connectivity index (χ1v) is 7.97. The highest BCUT2D eigenvalue weighted by atomic mass is 16.7.